The molecular formula is C16H22N2O. The second-order valence-corrected chi connectivity index (χ2v) is 5.82. The summed E-state index contributed by atoms with van der Waals surface area (Å²) in [6.45, 7) is 0.889. The maximum atomic E-state index is 12.6. The number of amides is 1. The molecule has 3 heteroatoms. The van der Waals surface area contributed by atoms with Gasteiger partial charge in [-0.1, -0.05) is 36.8 Å². The molecule has 1 saturated carbocycles. The Labute approximate surface area is 114 Å². The minimum absolute atomic E-state index is 0.114. The van der Waals surface area contributed by atoms with E-state index in [-0.39, 0.29) is 5.91 Å². The van der Waals surface area contributed by atoms with E-state index >= 15 is 0 Å². The summed E-state index contributed by atoms with van der Waals surface area (Å²) in [5, 5.41) is 0. The number of nitrogens with zero attached hydrogens (tertiary/aromatic N) is 1. The van der Waals surface area contributed by atoms with Crippen LogP contribution < -0.4 is 5.73 Å². The zero-order valence-electron chi connectivity index (χ0n) is 11.3. The third kappa shape index (κ3) is 2.39. The summed E-state index contributed by atoms with van der Waals surface area (Å²) < 4.78 is 0. The monoisotopic (exact) mass is 258 g/mol. The maximum absolute atomic E-state index is 12.6. The van der Waals surface area contributed by atoms with Crippen molar-refractivity contribution in [3.05, 3.63) is 35.9 Å². The molecule has 3 rings (SSSR count). The maximum Gasteiger partial charge on any atom is 0.244 e. The van der Waals surface area contributed by atoms with E-state index in [0.717, 1.165) is 30.9 Å². The van der Waals surface area contributed by atoms with Crippen LogP contribution in [0.5, 0.6) is 0 Å². The first-order chi connectivity index (χ1) is 9.27. The molecule has 2 fully saturated rings. The van der Waals surface area contributed by atoms with Crippen molar-refractivity contribution in [3.8, 4) is 0 Å². The highest BCUT2D eigenvalue weighted by Gasteiger charge is 2.38. The average molecular weight is 258 g/mol. The molecule has 3 atom stereocenters. The number of likely N-dealkylation sites (tertiary alicyclic amines) is 1. The molecule has 0 aromatic heterocycles. The molecule has 1 amide bonds. The van der Waals surface area contributed by atoms with Gasteiger partial charge < -0.3 is 10.6 Å². The number of hydrogen-bond acceptors (Lipinski definition) is 2. The van der Waals surface area contributed by atoms with E-state index in [1.54, 1.807) is 0 Å². The van der Waals surface area contributed by atoms with Crippen molar-refractivity contribution in [1.82, 2.24) is 4.90 Å². The third-order valence-electron chi connectivity index (χ3n) is 4.70. The number of piperidine rings is 1. The van der Waals surface area contributed by atoms with Crippen LogP contribution >= 0.6 is 0 Å². The quantitative estimate of drug-likeness (QED) is 0.886. The van der Waals surface area contributed by atoms with Gasteiger partial charge in [0.2, 0.25) is 5.91 Å². The average Bonchev–Trinajstić information content (AvgIpc) is 2.95. The molecule has 1 aliphatic carbocycles. The fraction of sp³-hybridized carbons (Fsp3) is 0.562. The van der Waals surface area contributed by atoms with Gasteiger partial charge in [0.15, 0.2) is 0 Å². The molecule has 2 N–H and O–H groups in total. The first-order valence-corrected chi connectivity index (χ1v) is 7.38. The van der Waals surface area contributed by atoms with Crippen LogP contribution in [-0.2, 0) is 4.79 Å². The smallest absolute Gasteiger partial charge is 0.244 e. The van der Waals surface area contributed by atoms with E-state index in [9.17, 15) is 4.79 Å². The van der Waals surface area contributed by atoms with E-state index in [0.29, 0.717) is 6.04 Å². The van der Waals surface area contributed by atoms with Gasteiger partial charge in [-0.3, -0.25) is 4.79 Å². The van der Waals surface area contributed by atoms with Gasteiger partial charge in [0.25, 0.3) is 0 Å². The molecule has 102 valence electrons. The summed E-state index contributed by atoms with van der Waals surface area (Å²) in [5.74, 6) is 0.837. The lowest BCUT2D eigenvalue weighted by molar-refractivity contribution is -0.137. The molecule has 0 spiro atoms. The van der Waals surface area contributed by atoms with E-state index in [4.69, 9.17) is 5.73 Å². The second-order valence-electron chi connectivity index (χ2n) is 5.82. The zero-order valence-corrected chi connectivity index (χ0v) is 11.3. The Morgan fingerprint density at radius 1 is 1.16 bits per heavy atom. The first-order valence-electron chi connectivity index (χ1n) is 7.38. The van der Waals surface area contributed by atoms with E-state index in [2.05, 4.69) is 4.90 Å². The fourth-order valence-electron chi connectivity index (χ4n) is 3.71. The van der Waals surface area contributed by atoms with Crippen molar-refractivity contribution in [1.29, 1.82) is 0 Å². The van der Waals surface area contributed by atoms with Gasteiger partial charge in [-0.15, -0.1) is 0 Å². The van der Waals surface area contributed by atoms with Gasteiger partial charge in [-0.25, -0.2) is 0 Å². The van der Waals surface area contributed by atoms with Gasteiger partial charge in [-0.2, -0.15) is 0 Å². The molecule has 1 aromatic carbocycles. The Hall–Kier alpha value is -1.35. The van der Waals surface area contributed by atoms with Gasteiger partial charge in [-0.05, 0) is 37.2 Å². The van der Waals surface area contributed by atoms with Crippen LogP contribution in [0.3, 0.4) is 0 Å². The van der Waals surface area contributed by atoms with Crippen LogP contribution in [0, 0.1) is 5.92 Å². The molecule has 1 heterocycles. The number of benzene rings is 1. The Balaban J connectivity index is 1.76. The molecule has 19 heavy (non-hydrogen) atoms. The fourth-order valence-corrected chi connectivity index (χ4v) is 3.71. The Morgan fingerprint density at radius 2 is 1.89 bits per heavy atom. The molecule has 2 unspecified atom stereocenters. The topological polar surface area (TPSA) is 46.3 Å². The summed E-state index contributed by atoms with van der Waals surface area (Å²) in [6.07, 6.45) is 6.13. The molecule has 3 nitrogen and oxygen atoms in total. The highest BCUT2D eigenvalue weighted by atomic mass is 16.2. The Morgan fingerprint density at radius 3 is 2.68 bits per heavy atom. The van der Waals surface area contributed by atoms with Crippen molar-refractivity contribution in [3.63, 3.8) is 0 Å². The van der Waals surface area contributed by atoms with Crippen molar-refractivity contribution in [2.24, 2.45) is 11.7 Å². The molecule has 1 aromatic rings. The van der Waals surface area contributed by atoms with Crippen LogP contribution in [-0.4, -0.2) is 23.4 Å². The van der Waals surface area contributed by atoms with Gasteiger partial charge in [0, 0.05) is 12.6 Å². The van der Waals surface area contributed by atoms with Crippen molar-refractivity contribution in [2.75, 3.05) is 6.54 Å². The van der Waals surface area contributed by atoms with Crippen molar-refractivity contribution in [2.45, 2.75) is 44.2 Å². The third-order valence-corrected chi connectivity index (χ3v) is 4.70. The molecular weight excluding hydrogens is 236 g/mol. The predicted octanol–water partition coefficient (Wildman–Crippen LogP) is 2.48. The summed E-state index contributed by atoms with van der Waals surface area (Å²) in [5.41, 5.74) is 7.08. The number of fused-ring (bicyclic) bond motifs is 1. The van der Waals surface area contributed by atoms with Gasteiger partial charge in [0.1, 0.15) is 6.04 Å². The number of nitrogens with two attached hydrogens (primary N) is 1. The highest BCUT2D eigenvalue weighted by molar-refractivity contribution is 5.83. The largest absolute Gasteiger partial charge is 0.338 e. The molecule has 2 aliphatic rings. The lowest BCUT2D eigenvalue weighted by Crippen LogP contribution is -2.49. The van der Waals surface area contributed by atoms with Crippen molar-refractivity contribution < 1.29 is 4.79 Å². The van der Waals surface area contributed by atoms with Gasteiger partial charge >= 0.3 is 0 Å². The van der Waals surface area contributed by atoms with E-state index in [1.807, 2.05) is 30.3 Å². The van der Waals surface area contributed by atoms with Crippen LogP contribution in [0.4, 0.5) is 0 Å². The number of rotatable bonds is 2. The van der Waals surface area contributed by atoms with Crippen LogP contribution in [0.25, 0.3) is 0 Å². The summed E-state index contributed by atoms with van der Waals surface area (Å²) in [7, 11) is 0. The molecule has 0 radical (unpaired) electrons. The number of carbonyl (C=O) groups excluding carboxylic acids is 1. The summed E-state index contributed by atoms with van der Waals surface area (Å²) in [4.78, 5) is 14.7. The second kappa shape index (κ2) is 5.33. The minimum atomic E-state index is -0.499. The summed E-state index contributed by atoms with van der Waals surface area (Å²) in [6, 6.07) is 9.68. The Kier molecular flexibility index (Phi) is 3.56. The van der Waals surface area contributed by atoms with Crippen molar-refractivity contribution >= 4 is 5.91 Å². The predicted molar refractivity (Wildman–Crippen MR) is 75.4 cm³/mol. The number of hydrogen-bond donors (Lipinski definition) is 1. The lowest BCUT2D eigenvalue weighted by atomic mass is 9.91. The van der Waals surface area contributed by atoms with Crippen LogP contribution in [0.1, 0.15) is 43.7 Å². The highest BCUT2D eigenvalue weighted by Crippen LogP contribution is 2.37. The SMILES string of the molecule is N[C@H](C(=O)N1CCCC2CCCC21)c1ccccc1. The Bertz CT molecular complexity index is 445. The number of carbonyl (C=O) groups is 1. The lowest BCUT2D eigenvalue weighted by Gasteiger charge is -2.39. The minimum Gasteiger partial charge on any atom is -0.338 e. The van der Waals surface area contributed by atoms with Crippen LogP contribution in [0.15, 0.2) is 30.3 Å². The van der Waals surface area contributed by atoms with E-state index in [1.165, 1.54) is 19.3 Å². The standard InChI is InChI=1S/C16H22N2O/c17-15(13-6-2-1-3-7-13)16(19)18-11-5-9-12-8-4-10-14(12)18/h1-3,6-7,12,14-15H,4-5,8-11,17H2/t12?,14?,15-/m0/s1. The summed E-state index contributed by atoms with van der Waals surface area (Å²) >= 11 is 0. The van der Waals surface area contributed by atoms with Gasteiger partial charge in [0.05, 0.1) is 0 Å². The molecule has 0 bridgehead atoms. The zero-order chi connectivity index (χ0) is 13.2. The normalized spacial score (nSPS) is 27.9. The van der Waals surface area contributed by atoms with E-state index < -0.39 is 6.04 Å². The molecule has 1 saturated heterocycles. The molecule has 1 aliphatic heterocycles. The first kappa shape index (κ1) is 12.7. The van der Waals surface area contributed by atoms with Crippen LogP contribution in [0.2, 0.25) is 0 Å².